The summed E-state index contributed by atoms with van der Waals surface area (Å²) in [5.74, 6) is 0.860. The van der Waals surface area contributed by atoms with E-state index in [4.69, 9.17) is 8.83 Å². The number of hydrogen-bond donors (Lipinski definition) is 2. The fourth-order valence-corrected chi connectivity index (χ4v) is 2.74. The summed E-state index contributed by atoms with van der Waals surface area (Å²) in [6.45, 7) is 0. The summed E-state index contributed by atoms with van der Waals surface area (Å²) in [5.41, 5.74) is 0.789. The van der Waals surface area contributed by atoms with Crippen molar-refractivity contribution in [2.24, 2.45) is 0 Å². The molecule has 20 heavy (non-hydrogen) atoms. The molecule has 0 saturated heterocycles. The van der Waals surface area contributed by atoms with Crippen molar-refractivity contribution in [2.45, 2.75) is 0 Å². The smallest absolute Gasteiger partial charge is 0.151 e. The molecule has 0 spiro atoms. The Balaban J connectivity index is 2.17. The highest BCUT2D eigenvalue weighted by Gasteiger charge is 2.18. The quantitative estimate of drug-likeness (QED) is 0.585. The third-order valence-electron chi connectivity index (χ3n) is 2.84. The number of benzene rings is 1. The van der Waals surface area contributed by atoms with Crippen LogP contribution in [0.2, 0.25) is 0 Å². The molecule has 1 aromatic carbocycles. The molecule has 3 aromatic rings. The van der Waals surface area contributed by atoms with Crippen molar-refractivity contribution in [3.8, 4) is 34.1 Å². The van der Waals surface area contributed by atoms with Gasteiger partial charge in [0.05, 0.1) is 32.6 Å². The van der Waals surface area contributed by atoms with E-state index in [1.165, 1.54) is 24.7 Å². The SMILES string of the molecule is Oc1cc(-c2occc2Br)c(O)cc1-c1occc1Br. The Morgan fingerprint density at radius 2 is 1.15 bits per heavy atom. The summed E-state index contributed by atoms with van der Waals surface area (Å²) in [5, 5.41) is 20.3. The molecule has 4 nitrogen and oxygen atoms in total. The van der Waals surface area contributed by atoms with E-state index >= 15 is 0 Å². The van der Waals surface area contributed by atoms with Crippen LogP contribution in [0, 0.1) is 0 Å². The predicted molar refractivity (Wildman–Crippen MR) is 80.6 cm³/mol. The molecule has 0 bridgehead atoms. The largest absolute Gasteiger partial charge is 0.507 e. The highest BCUT2D eigenvalue weighted by Crippen LogP contribution is 2.43. The molecule has 0 amide bonds. The zero-order chi connectivity index (χ0) is 14.3. The van der Waals surface area contributed by atoms with Crippen LogP contribution in [0.15, 0.2) is 54.6 Å². The molecular formula is C14H8Br2O4. The fourth-order valence-electron chi connectivity index (χ4n) is 1.91. The minimum absolute atomic E-state index is 0.0169. The summed E-state index contributed by atoms with van der Waals surface area (Å²) < 4.78 is 12.0. The predicted octanol–water partition coefficient (Wildman–Crippen LogP) is 5.14. The van der Waals surface area contributed by atoms with E-state index in [-0.39, 0.29) is 11.5 Å². The van der Waals surface area contributed by atoms with Crippen LogP contribution in [-0.2, 0) is 0 Å². The Morgan fingerprint density at radius 3 is 1.45 bits per heavy atom. The molecule has 102 valence electrons. The van der Waals surface area contributed by atoms with Gasteiger partial charge in [-0.05, 0) is 56.1 Å². The third-order valence-corrected chi connectivity index (χ3v) is 4.09. The van der Waals surface area contributed by atoms with Crippen molar-refractivity contribution in [3.05, 3.63) is 45.7 Å². The molecule has 0 fully saturated rings. The zero-order valence-corrected chi connectivity index (χ0v) is 13.1. The van der Waals surface area contributed by atoms with Crippen molar-refractivity contribution < 1.29 is 19.0 Å². The number of furan rings is 2. The molecule has 3 rings (SSSR count). The van der Waals surface area contributed by atoms with Gasteiger partial charge in [-0.3, -0.25) is 0 Å². The first-order valence-electron chi connectivity index (χ1n) is 5.60. The molecule has 0 aliphatic rings. The lowest BCUT2D eigenvalue weighted by Gasteiger charge is -2.08. The van der Waals surface area contributed by atoms with Gasteiger partial charge in [0.15, 0.2) is 11.5 Å². The Bertz CT molecular complexity index is 707. The molecule has 0 saturated carbocycles. The standard InChI is InChI=1S/C14H8Br2O4/c15-9-1-3-19-13(9)7-5-12(18)8(6-11(7)17)14-10(16)2-4-20-14/h1-6,17-18H. The van der Waals surface area contributed by atoms with E-state index in [2.05, 4.69) is 31.9 Å². The first-order valence-corrected chi connectivity index (χ1v) is 7.19. The second-order valence-corrected chi connectivity index (χ2v) is 5.79. The highest BCUT2D eigenvalue weighted by molar-refractivity contribution is 9.11. The van der Waals surface area contributed by atoms with Crippen LogP contribution in [0.3, 0.4) is 0 Å². The Kier molecular flexibility index (Phi) is 3.35. The topological polar surface area (TPSA) is 66.7 Å². The summed E-state index contributed by atoms with van der Waals surface area (Å²) in [7, 11) is 0. The lowest BCUT2D eigenvalue weighted by molar-refractivity contribution is 0.458. The zero-order valence-electron chi connectivity index (χ0n) is 9.93. The maximum absolute atomic E-state index is 10.2. The number of phenols is 2. The van der Waals surface area contributed by atoms with Crippen molar-refractivity contribution in [2.75, 3.05) is 0 Å². The normalized spacial score (nSPS) is 10.9. The van der Waals surface area contributed by atoms with Crippen LogP contribution >= 0.6 is 31.9 Å². The maximum Gasteiger partial charge on any atom is 0.151 e. The van der Waals surface area contributed by atoms with Crippen LogP contribution in [0.25, 0.3) is 22.6 Å². The van der Waals surface area contributed by atoms with Gasteiger partial charge in [0.25, 0.3) is 0 Å². The van der Waals surface area contributed by atoms with Gasteiger partial charge < -0.3 is 19.0 Å². The van der Waals surface area contributed by atoms with Gasteiger partial charge in [0, 0.05) is 0 Å². The van der Waals surface area contributed by atoms with Gasteiger partial charge in [-0.15, -0.1) is 0 Å². The van der Waals surface area contributed by atoms with E-state index < -0.39 is 0 Å². The first-order chi connectivity index (χ1) is 9.58. The van der Waals surface area contributed by atoms with E-state index in [0.717, 1.165) is 0 Å². The van der Waals surface area contributed by atoms with Crippen LogP contribution in [0.4, 0.5) is 0 Å². The fraction of sp³-hybridized carbons (Fsp3) is 0. The van der Waals surface area contributed by atoms with Gasteiger partial charge in [-0.2, -0.15) is 0 Å². The Morgan fingerprint density at radius 1 is 0.750 bits per heavy atom. The highest BCUT2D eigenvalue weighted by atomic mass is 79.9. The van der Waals surface area contributed by atoms with Crippen molar-refractivity contribution in [1.29, 1.82) is 0 Å². The number of phenolic OH excluding ortho intramolecular Hbond substituents is 2. The van der Waals surface area contributed by atoms with Crippen molar-refractivity contribution >= 4 is 31.9 Å². The van der Waals surface area contributed by atoms with Gasteiger partial charge in [0.1, 0.15) is 11.5 Å². The Labute approximate surface area is 130 Å². The summed E-state index contributed by atoms with van der Waals surface area (Å²) in [6, 6.07) is 6.29. The lowest BCUT2D eigenvalue weighted by atomic mass is 10.1. The molecule has 0 aliphatic carbocycles. The van der Waals surface area contributed by atoms with Crippen molar-refractivity contribution in [3.63, 3.8) is 0 Å². The maximum atomic E-state index is 10.2. The van der Waals surface area contributed by atoms with Gasteiger partial charge in [-0.1, -0.05) is 0 Å². The van der Waals surface area contributed by atoms with E-state index in [1.54, 1.807) is 12.1 Å². The molecule has 2 aromatic heterocycles. The molecule has 0 atom stereocenters. The second kappa shape index (κ2) is 5.03. The molecule has 0 aliphatic heterocycles. The molecule has 0 unspecified atom stereocenters. The molecule has 2 N–H and O–H groups in total. The van der Waals surface area contributed by atoms with E-state index in [1.807, 2.05) is 0 Å². The first kappa shape index (κ1) is 13.3. The van der Waals surface area contributed by atoms with Gasteiger partial charge >= 0.3 is 0 Å². The minimum atomic E-state index is -0.0169. The summed E-state index contributed by atoms with van der Waals surface area (Å²) in [6.07, 6.45) is 2.99. The number of aromatic hydroxyl groups is 2. The van der Waals surface area contributed by atoms with E-state index in [0.29, 0.717) is 31.6 Å². The number of halogens is 2. The summed E-state index contributed by atoms with van der Waals surface area (Å²) >= 11 is 6.64. The van der Waals surface area contributed by atoms with Crippen molar-refractivity contribution in [1.82, 2.24) is 0 Å². The van der Waals surface area contributed by atoms with Crippen LogP contribution in [-0.4, -0.2) is 10.2 Å². The third kappa shape index (κ3) is 2.14. The lowest BCUT2D eigenvalue weighted by Crippen LogP contribution is -1.83. The van der Waals surface area contributed by atoms with Crippen LogP contribution in [0.1, 0.15) is 0 Å². The van der Waals surface area contributed by atoms with Crippen LogP contribution < -0.4 is 0 Å². The van der Waals surface area contributed by atoms with E-state index in [9.17, 15) is 10.2 Å². The second-order valence-electron chi connectivity index (χ2n) is 4.08. The molecular weight excluding hydrogens is 392 g/mol. The average molecular weight is 400 g/mol. The molecule has 6 heteroatoms. The van der Waals surface area contributed by atoms with Crippen LogP contribution in [0.5, 0.6) is 11.5 Å². The van der Waals surface area contributed by atoms with Gasteiger partial charge in [0.2, 0.25) is 0 Å². The number of hydrogen-bond acceptors (Lipinski definition) is 4. The molecule has 0 radical (unpaired) electrons. The minimum Gasteiger partial charge on any atom is -0.507 e. The number of rotatable bonds is 2. The molecule has 2 heterocycles. The average Bonchev–Trinajstić information content (AvgIpc) is 3.01. The summed E-state index contributed by atoms with van der Waals surface area (Å²) in [4.78, 5) is 0. The van der Waals surface area contributed by atoms with Gasteiger partial charge in [-0.25, -0.2) is 0 Å². The monoisotopic (exact) mass is 398 g/mol. The Hall–Kier alpha value is -1.66.